The lowest BCUT2D eigenvalue weighted by atomic mass is 10.2. The first-order valence-electron chi connectivity index (χ1n) is 11.3. The number of benzene rings is 2. The van der Waals surface area contributed by atoms with Gasteiger partial charge in [0.25, 0.3) is 0 Å². The highest BCUT2D eigenvalue weighted by atomic mass is 32.2. The summed E-state index contributed by atoms with van der Waals surface area (Å²) in [5.41, 5.74) is -0.562. The molecular weight excluding hydrogens is 499 g/mol. The Kier molecular flexibility index (Phi) is 8.16. The summed E-state index contributed by atoms with van der Waals surface area (Å²) < 4.78 is 80.4. The van der Waals surface area contributed by atoms with Gasteiger partial charge < -0.3 is 9.47 Å². The van der Waals surface area contributed by atoms with E-state index in [9.17, 15) is 21.6 Å². The molecule has 0 saturated carbocycles. The van der Waals surface area contributed by atoms with Gasteiger partial charge in [0, 0.05) is 31.0 Å². The lowest BCUT2D eigenvalue weighted by molar-refractivity contribution is -0.139. The minimum Gasteiger partial charge on any atom is -0.493 e. The van der Waals surface area contributed by atoms with Gasteiger partial charge in [-0.15, -0.1) is 11.3 Å². The van der Waals surface area contributed by atoms with E-state index in [0.29, 0.717) is 30.9 Å². The second-order valence-electron chi connectivity index (χ2n) is 8.25. The average molecular weight is 526 g/mol. The molecule has 0 unspecified atom stereocenters. The molecule has 2 heterocycles. The maximum Gasteiger partial charge on any atom is 0.417 e. The van der Waals surface area contributed by atoms with E-state index in [1.165, 1.54) is 17.0 Å². The molecule has 2 aromatic carbocycles. The Morgan fingerprint density at radius 3 is 2.63 bits per heavy atom. The van der Waals surface area contributed by atoms with Crippen molar-refractivity contribution in [2.24, 2.45) is 0 Å². The molecule has 3 aromatic rings. The number of nitrogens with zero attached hydrogens (tertiary/aromatic N) is 1. The Hall–Kier alpha value is -2.40. The van der Waals surface area contributed by atoms with Gasteiger partial charge in [0.2, 0.25) is 10.0 Å². The number of rotatable bonds is 10. The summed E-state index contributed by atoms with van der Waals surface area (Å²) in [6, 6.07) is 15.3. The molecular formula is C25H26F3NO4S2. The molecule has 0 aliphatic carbocycles. The van der Waals surface area contributed by atoms with Crippen molar-refractivity contribution in [2.45, 2.75) is 43.0 Å². The Balaban J connectivity index is 1.57. The average Bonchev–Trinajstić information content (AvgIpc) is 3.53. The van der Waals surface area contributed by atoms with Crippen LogP contribution in [0.2, 0.25) is 0 Å². The number of halogens is 3. The van der Waals surface area contributed by atoms with Crippen molar-refractivity contribution in [3.05, 3.63) is 82.0 Å². The van der Waals surface area contributed by atoms with Crippen LogP contribution in [0.15, 0.2) is 70.9 Å². The predicted molar refractivity (Wildman–Crippen MR) is 128 cm³/mol. The van der Waals surface area contributed by atoms with E-state index >= 15 is 0 Å². The molecule has 5 nitrogen and oxygen atoms in total. The fourth-order valence-corrected chi connectivity index (χ4v) is 6.35. The molecule has 0 radical (unpaired) electrons. The first-order chi connectivity index (χ1) is 16.7. The first-order valence-corrected chi connectivity index (χ1v) is 13.6. The van der Waals surface area contributed by atoms with E-state index in [0.717, 1.165) is 29.3 Å². The molecule has 188 valence electrons. The van der Waals surface area contributed by atoms with Crippen LogP contribution in [0.4, 0.5) is 13.2 Å². The SMILES string of the molecule is O=S(=O)(c1ccccc1C(F)(F)F)N(Cc1cccc(OCCc2cccs2)c1)C[C@@H]1CCCO1. The number of hydrogen-bond donors (Lipinski definition) is 0. The third kappa shape index (κ3) is 6.63. The van der Waals surface area contributed by atoms with Crippen molar-refractivity contribution in [3.63, 3.8) is 0 Å². The Morgan fingerprint density at radius 2 is 1.91 bits per heavy atom. The molecule has 1 aliphatic rings. The van der Waals surface area contributed by atoms with E-state index in [-0.39, 0.29) is 19.2 Å². The van der Waals surface area contributed by atoms with Gasteiger partial charge >= 0.3 is 6.18 Å². The van der Waals surface area contributed by atoms with Crippen molar-refractivity contribution in [1.29, 1.82) is 0 Å². The van der Waals surface area contributed by atoms with Gasteiger partial charge in [-0.25, -0.2) is 8.42 Å². The Bertz CT molecular complexity index is 1210. The van der Waals surface area contributed by atoms with Crippen molar-refractivity contribution in [1.82, 2.24) is 4.31 Å². The van der Waals surface area contributed by atoms with Crippen LogP contribution in [0, 0.1) is 0 Å². The molecule has 10 heteroatoms. The topological polar surface area (TPSA) is 55.8 Å². The van der Waals surface area contributed by atoms with Crippen LogP contribution in [0.3, 0.4) is 0 Å². The second kappa shape index (κ2) is 11.1. The van der Waals surface area contributed by atoms with Crippen molar-refractivity contribution >= 4 is 21.4 Å². The van der Waals surface area contributed by atoms with Gasteiger partial charge in [-0.3, -0.25) is 0 Å². The fourth-order valence-electron chi connectivity index (χ4n) is 3.99. The molecule has 35 heavy (non-hydrogen) atoms. The highest BCUT2D eigenvalue weighted by Crippen LogP contribution is 2.36. The minimum absolute atomic E-state index is 0.0298. The van der Waals surface area contributed by atoms with E-state index in [4.69, 9.17) is 9.47 Å². The molecule has 4 rings (SSSR count). The molecule has 0 spiro atoms. The third-order valence-electron chi connectivity index (χ3n) is 5.70. The molecule has 1 fully saturated rings. The summed E-state index contributed by atoms with van der Waals surface area (Å²) in [5.74, 6) is 0.573. The van der Waals surface area contributed by atoms with Crippen molar-refractivity contribution < 1.29 is 31.1 Å². The highest BCUT2D eigenvalue weighted by Gasteiger charge is 2.39. The zero-order chi connectivity index (χ0) is 24.9. The van der Waals surface area contributed by atoms with Gasteiger partial charge in [-0.1, -0.05) is 30.3 Å². The molecule has 1 saturated heterocycles. The second-order valence-corrected chi connectivity index (χ2v) is 11.2. The monoisotopic (exact) mass is 525 g/mol. The predicted octanol–water partition coefficient (Wildman–Crippen LogP) is 5.76. The zero-order valence-electron chi connectivity index (χ0n) is 18.9. The fraction of sp³-hybridized carbons (Fsp3) is 0.360. The first kappa shape index (κ1) is 25.7. The maximum absolute atomic E-state index is 13.6. The summed E-state index contributed by atoms with van der Waals surface area (Å²) in [4.78, 5) is 0.437. The molecule has 0 N–H and O–H groups in total. The number of ether oxygens (including phenoxy) is 2. The van der Waals surface area contributed by atoms with Crippen LogP contribution in [-0.2, 0) is 33.9 Å². The molecule has 1 atom stereocenters. The van der Waals surface area contributed by atoms with Crippen LogP contribution in [-0.4, -0.2) is 38.6 Å². The van der Waals surface area contributed by atoms with Crippen LogP contribution in [0.5, 0.6) is 5.75 Å². The number of sulfonamides is 1. The van der Waals surface area contributed by atoms with Crippen LogP contribution in [0.1, 0.15) is 28.8 Å². The van der Waals surface area contributed by atoms with Crippen molar-refractivity contribution in [3.8, 4) is 5.75 Å². The summed E-state index contributed by atoms with van der Waals surface area (Å²) in [7, 11) is -4.47. The molecule has 1 aliphatic heterocycles. The summed E-state index contributed by atoms with van der Waals surface area (Å²) in [5, 5.41) is 2.00. The molecule has 0 amide bonds. The summed E-state index contributed by atoms with van der Waals surface area (Å²) in [6.07, 6.45) is -2.98. The Labute approximate surface area is 207 Å². The van der Waals surface area contributed by atoms with E-state index in [1.54, 1.807) is 35.6 Å². The van der Waals surface area contributed by atoms with E-state index in [2.05, 4.69) is 0 Å². The quantitative estimate of drug-likeness (QED) is 0.338. The van der Waals surface area contributed by atoms with Gasteiger partial charge in [0.1, 0.15) is 5.75 Å². The molecule has 1 aromatic heterocycles. The minimum atomic E-state index is -4.80. The smallest absolute Gasteiger partial charge is 0.417 e. The van der Waals surface area contributed by atoms with Crippen LogP contribution < -0.4 is 4.74 Å². The summed E-state index contributed by atoms with van der Waals surface area (Å²) in [6.45, 7) is 0.834. The van der Waals surface area contributed by atoms with Crippen LogP contribution in [0.25, 0.3) is 0 Å². The highest BCUT2D eigenvalue weighted by molar-refractivity contribution is 7.89. The van der Waals surface area contributed by atoms with E-state index in [1.807, 2.05) is 17.5 Å². The Morgan fingerprint density at radius 1 is 1.09 bits per heavy atom. The lowest BCUT2D eigenvalue weighted by Crippen LogP contribution is -2.37. The zero-order valence-corrected chi connectivity index (χ0v) is 20.5. The van der Waals surface area contributed by atoms with Gasteiger partial charge in [-0.05, 0) is 54.1 Å². The van der Waals surface area contributed by atoms with Gasteiger partial charge in [-0.2, -0.15) is 17.5 Å². The molecule has 0 bridgehead atoms. The van der Waals surface area contributed by atoms with E-state index < -0.39 is 26.7 Å². The number of alkyl halides is 3. The number of thiophene rings is 1. The normalized spacial score (nSPS) is 16.6. The van der Waals surface area contributed by atoms with Crippen LogP contribution >= 0.6 is 11.3 Å². The number of hydrogen-bond acceptors (Lipinski definition) is 5. The van der Waals surface area contributed by atoms with Gasteiger partial charge in [0.15, 0.2) is 0 Å². The van der Waals surface area contributed by atoms with Gasteiger partial charge in [0.05, 0.1) is 23.2 Å². The third-order valence-corrected chi connectivity index (χ3v) is 8.50. The largest absolute Gasteiger partial charge is 0.493 e. The maximum atomic E-state index is 13.6. The summed E-state index contributed by atoms with van der Waals surface area (Å²) >= 11 is 1.64. The van der Waals surface area contributed by atoms with Crippen molar-refractivity contribution in [2.75, 3.05) is 19.8 Å². The standard InChI is InChI=1S/C25H26F3NO4S2/c26-25(27,28)23-10-1-2-11-24(23)35(30,31)29(18-21-8-4-13-32-21)17-19-6-3-7-20(16-19)33-14-12-22-9-5-15-34-22/h1-3,5-7,9-11,15-16,21H,4,8,12-14,17-18H2/t21-/m0/s1. The lowest BCUT2D eigenvalue weighted by Gasteiger charge is -2.26.